The Kier molecular flexibility index (Phi) is 3.71. The van der Waals surface area contributed by atoms with Gasteiger partial charge in [-0.3, -0.25) is 9.59 Å². The van der Waals surface area contributed by atoms with Crippen molar-refractivity contribution in [2.45, 2.75) is 25.7 Å². The van der Waals surface area contributed by atoms with Crippen LogP contribution >= 0.6 is 0 Å². The lowest BCUT2D eigenvalue weighted by atomic mass is 9.97. The molecule has 0 amide bonds. The van der Waals surface area contributed by atoms with Crippen LogP contribution in [0.5, 0.6) is 5.75 Å². The zero-order valence-corrected chi connectivity index (χ0v) is 13.8. The molecule has 2 aromatic rings. The van der Waals surface area contributed by atoms with Crippen molar-refractivity contribution in [1.82, 2.24) is 0 Å². The van der Waals surface area contributed by atoms with Gasteiger partial charge in [-0.05, 0) is 34.9 Å². The molecule has 2 aromatic carbocycles. The summed E-state index contributed by atoms with van der Waals surface area (Å²) in [7, 11) is 0. The van der Waals surface area contributed by atoms with E-state index >= 15 is 0 Å². The molecular weight excluding hydrogens is 320 g/mol. The number of carbonyl (C=O) groups excluding carboxylic acids is 2. The van der Waals surface area contributed by atoms with Gasteiger partial charge in [-0.15, -0.1) is 0 Å². The molecule has 0 aromatic heterocycles. The molecule has 0 radical (unpaired) electrons. The Bertz CT molecular complexity index is 871. The Labute approximate surface area is 145 Å². The summed E-state index contributed by atoms with van der Waals surface area (Å²) in [4.78, 5) is 23.6. The van der Waals surface area contributed by atoms with Gasteiger partial charge in [-0.2, -0.15) is 0 Å². The van der Waals surface area contributed by atoms with Gasteiger partial charge in [0.1, 0.15) is 11.9 Å². The van der Waals surface area contributed by atoms with Gasteiger partial charge in [0.15, 0.2) is 0 Å². The van der Waals surface area contributed by atoms with Gasteiger partial charge in [-0.25, -0.2) is 0 Å². The van der Waals surface area contributed by atoms with Gasteiger partial charge in [0.05, 0.1) is 11.8 Å². The summed E-state index contributed by atoms with van der Waals surface area (Å²) in [6.07, 6.45) is -0.888. The van der Waals surface area contributed by atoms with Crippen molar-refractivity contribution in [3.05, 3.63) is 54.6 Å². The third-order valence-corrected chi connectivity index (χ3v) is 4.81. The van der Waals surface area contributed by atoms with Crippen LogP contribution in [0.25, 0.3) is 10.8 Å². The largest absolute Gasteiger partial charge is 0.457 e. The SMILES string of the molecule is C=C1C[C@H]2C(=O)O[C@H](Oc3ccc4ccccc4c3)[C@H]2C1OC(C)=O. The summed E-state index contributed by atoms with van der Waals surface area (Å²) < 4.78 is 16.7. The van der Waals surface area contributed by atoms with Crippen LogP contribution in [-0.2, 0) is 19.1 Å². The van der Waals surface area contributed by atoms with Crippen LogP contribution in [0, 0.1) is 11.8 Å². The first kappa shape index (κ1) is 15.7. The molecule has 4 atom stereocenters. The number of hydrogen-bond acceptors (Lipinski definition) is 5. The molecule has 1 heterocycles. The van der Waals surface area contributed by atoms with Gasteiger partial charge in [0.25, 0.3) is 6.29 Å². The first-order valence-corrected chi connectivity index (χ1v) is 8.24. The lowest BCUT2D eigenvalue weighted by molar-refractivity contribution is -0.158. The highest BCUT2D eigenvalue weighted by atomic mass is 16.7. The Hall–Kier alpha value is -2.82. The highest BCUT2D eigenvalue weighted by molar-refractivity contribution is 5.83. The summed E-state index contributed by atoms with van der Waals surface area (Å²) in [6.45, 7) is 5.29. The predicted molar refractivity (Wildman–Crippen MR) is 90.7 cm³/mol. The number of fused-ring (bicyclic) bond motifs is 2. The van der Waals surface area contributed by atoms with E-state index in [1.165, 1.54) is 6.92 Å². The van der Waals surface area contributed by atoms with Crippen molar-refractivity contribution in [1.29, 1.82) is 0 Å². The zero-order chi connectivity index (χ0) is 17.6. The molecule has 1 unspecified atom stereocenters. The molecule has 1 saturated heterocycles. The number of rotatable bonds is 3. The van der Waals surface area contributed by atoms with Crippen LogP contribution < -0.4 is 4.74 Å². The molecule has 1 aliphatic heterocycles. The fourth-order valence-electron chi connectivity index (χ4n) is 3.69. The van der Waals surface area contributed by atoms with E-state index in [9.17, 15) is 9.59 Å². The number of hydrogen-bond donors (Lipinski definition) is 0. The zero-order valence-electron chi connectivity index (χ0n) is 13.8. The standard InChI is InChI=1S/C20H18O5/c1-11-9-16-17(18(11)23-12(2)21)20(25-19(16)22)24-15-8-7-13-5-3-4-6-14(13)10-15/h3-8,10,16-18,20H,1,9H2,2H3/t16-,17-,18?,20+/m1/s1. The van der Waals surface area contributed by atoms with Gasteiger partial charge >= 0.3 is 11.9 Å². The molecule has 4 rings (SSSR count). The van der Waals surface area contributed by atoms with Gasteiger partial charge in [-0.1, -0.05) is 36.9 Å². The number of cyclic esters (lactones) is 1. The summed E-state index contributed by atoms with van der Waals surface area (Å²) in [5.41, 5.74) is 0.731. The monoisotopic (exact) mass is 338 g/mol. The molecule has 5 nitrogen and oxygen atoms in total. The van der Waals surface area contributed by atoms with E-state index in [0.717, 1.165) is 16.3 Å². The first-order valence-electron chi connectivity index (χ1n) is 8.24. The number of esters is 2. The average Bonchev–Trinajstić information content (AvgIpc) is 3.05. The molecule has 1 saturated carbocycles. The molecule has 25 heavy (non-hydrogen) atoms. The molecule has 2 aliphatic rings. The topological polar surface area (TPSA) is 61.8 Å². The highest BCUT2D eigenvalue weighted by Gasteiger charge is 2.56. The second kappa shape index (κ2) is 5.92. The van der Waals surface area contributed by atoms with E-state index < -0.39 is 18.4 Å². The molecule has 0 spiro atoms. The highest BCUT2D eigenvalue weighted by Crippen LogP contribution is 2.46. The molecule has 128 valence electrons. The fourth-order valence-corrected chi connectivity index (χ4v) is 3.69. The minimum absolute atomic E-state index is 0.327. The minimum Gasteiger partial charge on any atom is -0.457 e. The Morgan fingerprint density at radius 1 is 1.20 bits per heavy atom. The predicted octanol–water partition coefficient (Wildman–Crippen LogP) is 3.23. The third kappa shape index (κ3) is 2.76. The van der Waals surface area contributed by atoms with E-state index in [1.807, 2.05) is 42.5 Å². The quantitative estimate of drug-likeness (QED) is 0.635. The maximum absolute atomic E-state index is 12.2. The normalized spacial score (nSPS) is 27.9. The molecule has 5 heteroatoms. The molecule has 0 bridgehead atoms. The average molecular weight is 338 g/mol. The van der Waals surface area contributed by atoms with E-state index in [-0.39, 0.29) is 17.8 Å². The number of ether oxygens (including phenoxy) is 3. The second-order valence-corrected chi connectivity index (χ2v) is 6.51. The van der Waals surface area contributed by atoms with Crippen molar-refractivity contribution >= 4 is 22.7 Å². The smallest absolute Gasteiger partial charge is 0.313 e. The van der Waals surface area contributed by atoms with Crippen molar-refractivity contribution in [3.8, 4) is 5.75 Å². The van der Waals surface area contributed by atoms with E-state index in [4.69, 9.17) is 14.2 Å². The van der Waals surface area contributed by atoms with E-state index in [2.05, 4.69) is 6.58 Å². The molecule has 1 aliphatic carbocycles. The Morgan fingerprint density at radius 2 is 1.96 bits per heavy atom. The Balaban J connectivity index is 1.61. The number of carbonyl (C=O) groups is 2. The van der Waals surface area contributed by atoms with E-state index in [1.54, 1.807) is 0 Å². The van der Waals surface area contributed by atoms with Crippen LogP contribution in [0.15, 0.2) is 54.6 Å². The Morgan fingerprint density at radius 3 is 2.72 bits per heavy atom. The minimum atomic E-state index is -0.790. The summed E-state index contributed by atoms with van der Waals surface area (Å²) in [6, 6.07) is 13.6. The van der Waals surface area contributed by atoms with Crippen molar-refractivity contribution in [2.75, 3.05) is 0 Å². The van der Waals surface area contributed by atoms with Crippen LogP contribution in [0.3, 0.4) is 0 Å². The second-order valence-electron chi connectivity index (χ2n) is 6.51. The maximum Gasteiger partial charge on any atom is 0.313 e. The van der Waals surface area contributed by atoms with Crippen molar-refractivity contribution < 1.29 is 23.8 Å². The van der Waals surface area contributed by atoms with Crippen molar-refractivity contribution in [3.63, 3.8) is 0 Å². The van der Waals surface area contributed by atoms with Gasteiger partial charge in [0, 0.05) is 6.92 Å². The van der Waals surface area contributed by atoms with Crippen molar-refractivity contribution in [2.24, 2.45) is 11.8 Å². The van der Waals surface area contributed by atoms with Crippen LogP contribution in [0.2, 0.25) is 0 Å². The number of benzene rings is 2. The first-order chi connectivity index (χ1) is 12.0. The van der Waals surface area contributed by atoms with Crippen LogP contribution in [0.4, 0.5) is 0 Å². The van der Waals surface area contributed by atoms with Gasteiger partial charge in [0.2, 0.25) is 0 Å². The molecular formula is C20H18O5. The van der Waals surface area contributed by atoms with Gasteiger partial charge < -0.3 is 14.2 Å². The third-order valence-electron chi connectivity index (χ3n) is 4.81. The maximum atomic E-state index is 12.2. The van der Waals surface area contributed by atoms with Crippen LogP contribution in [-0.4, -0.2) is 24.3 Å². The lowest BCUT2D eigenvalue weighted by Gasteiger charge is -2.24. The molecule has 0 N–H and O–H groups in total. The molecule has 2 fully saturated rings. The summed E-state index contributed by atoms with van der Waals surface area (Å²) in [5.74, 6) is -0.865. The fraction of sp³-hybridized carbons (Fsp3) is 0.300. The summed E-state index contributed by atoms with van der Waals surface area (Å²) in [5, 5.41) is 2.14. The van der Waals surface area contributed by atoms with Crippen LogP contribution in [0.1, 0.15) is 13.3 Å². The summed E-state index contributed by atoms with van der Waals surface area (Å²) >= 11 is 0. The van der Waals surface area contributed by atoms with E-state index in [0.29, 0.717) is 12.2 Å². The lowest BCUT2D eigenvalue weighted by Crippen LogP contribution is -2.34.